The highest BCUT2D eigenvalue weighted by molar-refractivity contribution is 6.30. The van der Waals surface area contributed by atoms with Crippen LogP contribution in [0.25, 0.3) is 0 Å². The Labute approximate surface area is 140 Å². The van der Waals surface area contributed by atoms with E-state index in [1.54, 1.807) is 22.9 Å². The van der Waals surface area contributed by atoms with Crippen molar-refractivity contribution in [3.63, 3.8) is 0 Å². The summed E-state index contributed by atoms with van der Waals surface area (Å²) in [6, 6.07) is 6.50. The Balaban J connectivity index is 1.81. The SMILES string of the molecule is Cc1nn(C)c(Cl)c1[C@@H]1CCCN1C[C@H](O)c1ccccc1F. The Morgan fingerprint density at radius 3 is 2.83 bits per heavy atom. The van der Waals surface area contributed by atoms with Crippen molar-refractivity contribution in [1.29, 1.82) is 0 Å². The van der Waals surface area contributed by atoms with Crippen LogP contribution in [0, 0.1) is 12.7 Å². The quantitative estimate of drug-likeness (QED) is 0.929. The number of halogens is 2. The molecule has 0 aliphatic carbocycles. The lowest BCUT2D eigenvalue weighted by Crippen LogP contribution is -2.29. The molecule has 3 rings (SSSR count). The third-order valence-corrected chi connectivity index (χ3v) is 5.01. The van der Waals surface area contributed by atoms with Crippen molar-refractivity contribution in [2.75, 3.05) is 13.1 Å². The molecule has 2 aromatic rings. The molecule has 1 aromatic carbocycles. The van der Waals surface area contributed by atoms with Crippen LogP contribution in [0.2, 0.25) is 5.15 Å². The normalized spacial score (nSPS) is 20.1. The topological polar surface area (TPSA) is 41.3 Å². The summed E-state index contributed by atoms with van der Waals surface area (Å²) in [5.41, 5.74) is 2.27. The number of aliphatic hydroxyl groups excluding tert-OH is 1. The molecule has 4 nitrogen and oxygen atoms in total. The van der Waals surface area contributed by atoms with E-state index in [-0.39, 0.29) is 11.9 Å². The van der Waals surface area contributed by atoms with Crippen molar-refractivity contribution in [1.82, 2.24) is 14.7 Å². The van der Waals surface area contributed by atoms with Crippen LogP contribution in [0.1, 0.15) is 41.8 Å². The second-order valence-electron chi connectivity index (χ2n) is 6.10. The summed E-state index contributed by atoms with van der Waals surface area (Å²) in [6.07, 6.45) is 1.14. The summed E-state index contributed by atoms with van der Waals surface area (Å²) in [6.45, 7) is 3.20. The Hall–Kier alpha value is -1.43. The maximum Gasteiger partial charge on any atom is 0.131 e. The molecular weight excluding hydrogens is 317 g/mol. The second-order valence-corrected chi connectivity index (χ2v) is 6.46. The molecule has 1 fully saturated rings. The van der Waals surface area contributed by atoms with E-state index in [4.69, 9.17) is 11.6 Å². The molecule has 1 saturated heterocycles. The lowest BCUT2D eigenvalue weighted by Gasteiger charge is -2.27. The maximum atomic E-state index is 13.9. The van der Waals surface area contributed by atoms with Crippen LogP contribution in [0.4, 0.5) is 4.39 Å². The van der Waals surface area contributed by atoms with Gasteiger partial charge in [0.25, 0.3) is 0 Å². The van der Waals surface area contributed by atoms with E-state index >= 15 is 0 Å². The molecule has 0 saturated carbocycles. The lowest BCUT2D eigenvalue weighted by molar-refractivity contribution is 0.103. The first-order valence-corrected chi connectivity index (χ1v) is 8.22. The van der Waals surface area contributed by atoms with Crippen molar-refractivity contribution >= 4 is 11.6 Å². The molecule has 23 heavy (non-hydrogen) atoms. The van der Waals surface area contributed by atoms with Gasteiger partial charge in [-0.15, -0.1) is 0 Å². The Kier molecular flexibility index (Phi) is 4.71. The predicted octanol–water partition coefficient (Wildman–Crippen LogP) is 3.39. The standard InChI is InChI=1S/C17H21ClFN3O/c1-11-16(17(18)21(2)20-11)14-8-5-9-22(14)10-15(23)12-6-3-4-7-13(12)19/h3-4,6-7,14-15,23H,5,8-10H2,1-2H3/t14-,15-/m0/s1. The average molecular weight is 338 g/mol. The van der Waals surface area contributed by atoms with E-state index in [0.29, 0.717) is 17.3 Å². The van der Waals surface area contributed by atoms with Gasteiger partial charge in [0.2, 0.25) is 0 Å². The molecule has 124 valence electrons. The number of aliphatic hydroxyl groups is 1. The molecule has 6 heteroatoms. The summed E-state index contributed by atoms with van der Waals surface area (Å²) >= 11 is 6.39. The van der Waals surface area contributed by atoms with Crippen LogP contribution in [-0.2, 0) is 7.05 Å². The minimum Gasteiger partial charge on any atom is -0.387 e. The van der Waals surface area contributed by atoms with Crippen molar-refractivity contribution < 1.29 is 9.50 Å². The van der Waals surface area contributed by atoms with Gasteiger partial charge in [-0.1, -0.05) is 29.8 Å². The number of rotatable bonds is 4. The fourth-order valence-electron chi connectivity index (χ4n) is 3.46. The number of likely N-dealkylation sites (tertiary alicyclic amines) is 1. The van der Waals surface area contributed by atoms with Crippen molar-refractivity contribution in [3.05, 3.63) is 52.1 Å². The fraction of sp³-hybridized carbons (Fsp3) is 0.471. The van der Waals surface area contributed by atoms with Gasteiger partial charge in [-0.25, -0.2) is 4.39 Å². The van der Waals surface area contributed by atoms with Crippen molar-refractivity contribution in [2.45, 2.75) is 31.9 Å². The number of aryl methyl sites for hydroxylation is 2. The minimum absolute atomic E-state index is 0.123. The molecule has 2 atom stereocenters. The van der Waals surface area contributed by atoms with Crippen LogP contribution in [0.15, 0.2) is 24.3 Å². The molecule has 2 heterocycles. The number of aromatic nitrogens is 2. The average Bonchev–Trinajstić information content (AvgIpc) is 3.04. The third-order valence-electron chi connectivity index (χ3n) is 4.56. The van der Waals surface area contributed by atoms with Crippen LogP contribution in [0.3, 0.4) is 0 Å². The number of benzene rings is 1. The summed E-state index contributed by atoms with van der Waals surface area (Å²) in [5, 5.41) is 15.5. The van der Waals surface area contributed by atoms with Gasteiger partial charge in [0.1, 0.15) is 11.0 Å². The van der Waals surface area contributed by atoms with Gasteiger partial charge in [0.15, 0.2) is 0 Å². The zero-order chi connectivity index (χ0) is 16.6. The van der Waals surface area contributed by atoms with E-state index in [1.165, 1.54) is 6.07 Å². The largest absolute Gasteiger partial charge is 0.387 e. The predicted molar refractivity (Wildman–Crippen MR) is 87.9 cm³/mol. The first kappa shape index (κ1) is 16.4. The first-order valence-electron chi connectivity index (χ1n) is 7.84. The second kappa shape index (κ2) is 6.59. The third kappa shape index (κ3) is 3.13. The zero-order valence-corrected chi connectivity index (χ0v) is 14.1. The summed E-state index contributed by atoms with van der Waals surface area (Å²) in [7, 11) is 1.83. The van der Waals surface area contributed by atoms with Gasteiger partial charge in [-0.3, -0.25) is 9.58 Å². The van der Waals surface area contributed by atoms with E-state index in [0.717, 1.165) is 30.6 Å². The van der Waals surface area contributed by atoms with Crippen LogP contribution in [-0.4, -0.2) is 32.9 Å². The molecule has 0 amide bonds. The molecule has 1 aliphatic heterocycles. The number of hydrogen-bond acceptors (Lipinski definition) is 3. The monoisotopic (exact) mass is 337 g/mol. The highest BCUT2D eigenvalue weighted by Gasteiger charge is 2.32. The van der Waals surface area contributed by atoms with Gasteiger partial charge in [0, 0.05) is 30.8 Å². The van der Waals surface area contributed by atoms with E-state index < -0.39 is 6.10 Å². The van der Waals surface area contributed by atoms with E-state index in [9.17, 15) is 9.50 Å². The summed E-state index contributed by atoms with van der Waals surface area (Å²) in [4.78, 5) is 2.17. The molecule has 1 N–H and O–H groups in total. The lowest BCUT2D eigenvalue weighted by atomic mass is 10.0. The Bertz CT molecular complexity index is 703. The highest BCUT2D eigenvalue weighted by Crippen LogP contribution is 2.38. The van der Waals surface area contributed by atoms with Gasteiger partial charge < -0.3 is 5.11 Å². The highest BCUT2D eigenvalue weighted by atomic mass is 35.5. The summed E-state index contributed by atoms with van der Waals surface area (Å²) < 4.78 is 15.5. The minimum atomic E-state index is -0.854. The van der Waals surface area contributed by atoms with Gasteiger partial charge in [-0.05, 0) is 32.4 Å². The van der Waals surface area contributed by atoms with Gasteiger partial charge in [-0.2, -0.15) is 5.10 Å². The van der Waals surface area contributed by atoms with Gasteiger partial charge in [0.05, 0.1) is 11.8 Å². The van der Waals surface area contributed by atoms with E-state index in [2.05, 4.69) is 10.00 Å². The number of β-amino-alcohol motifs (C(OH)–C–C–N with tert-alkyl or cyclic N) is 1. The molecule has 1 aliphatic rings. The molecule has 0 spiro atoms. The summed E-state index contributed by atoms with van der Waals surface area (Å²) in [5.74, 6) is -0.369. The van der Waals surface area contributed by atoms with Crippen LogP contribution >= 0.6 is 11.6 Å². The molecular formula is C17H21ClFN3O. The molecule has 0 unspecified atom stereocenters. The Morgan fingerprint density at radius 1 is 1.43 bits per heavy atom. The molecule has 0 radical (unpaired) electrons. The van der Waals surface area contributed by atoms with Crippen LogP contribution in [0.5, 0.6) is 0 Å². The first-order chi connectivity index (χ1) is 11.0. The molecule has 0 bridgehead atoms. The number of hydrogen-bond donors (Lipinski definition) is 1. The van der Waals surface area contributed by atoms with Gasteiger partial charge >= 0.3 is 0 Å². The number of nitrogens with zero attached hydrogens (tertiary/aromatic N) is 3. The maximum absolute atomic E-state index is 13.9. The van der Waals surface area contributed by atoms with Crippen molar-refractivity contribution in [3.8, 4) is 0 Å². The van der Waals surface area contributed by atoms with Crippen LogP contribution < -0.4 is 0 Å². The fourth-order valence-corrected chi connectivity index (χ4v) is 3.76. The van der Waals surface area contributed by atoms with E-state index in [1.807, 2.05) is 14.0 Å². The molecule has 1 aromatic heterocycles. The zero-order valence-electron chi connectivity index (χ0n) is 13.3. The van der Waals surface area contributed by atoms with Crippen molar-refractivity contribution in [2.24, 2.45) is 7.05 Å². The smallest absolute Gasteiger partial charge is 0.131 e. The Morgan fingerprint density at radius 2 is 2.17 bits per heavy atom.